The summed E-state index contributed by atoms with van der Waals surface area (Å²) in [5.74, 6) is 0.595. The van der Waals surface area contributed by atoms with Crippen LogP contribution in [0.4, 0.5) is 4.39 Å². The summed E-state index contributed by atoms with van der Waals surface area (Å²) in [4.78, 5) is 0. The Kier molecular flexibility index (Phi) is 1.77. The third-order valence-electron chi connectivity index (χ3n) is 1.69. The molecule has 62 valence electrons. The molecule has 1 aromatic carbocycles. The Morgan fingerprint density at radius 2 is 2.25 bits per heavy atom. The zero-order valence-electron chi connectivity index (χ0n) is 6.18. The van der Waals surface area contributed by atoms with Gasteiger partial charge in [-0.05, 0) is 18.2 Å². The van der Waals surface area contributed by atoms with E-state index in [1.165, 1.54) is 6.07 Å². The van der Waals surface area contributed by atoms with E-state index in [4.69, 9.17) is 16.0 Å². The lowest BCUT2D eigenvalue weighted by Crippen LogP contribution is -1.71. The van der Waals surface area contributed by atoms with Crippen molar-refractivity contribution in [2.24, 2.45) is 0 Å². The standard InChI is InChI=1S/C9H6ClFO/c10-5-6-4-7-8(11)2-1-3-9(7)12-6/h1-4H,5H2. The van der Waals surface area contributed by atoms with Gasteiger partial charge in [-0.1, -0.05) is 6.07 Å². The normalized spacial score (nSPS) is 10.8. The summed E-state index contributed by atoms with van der Waals surface area (Å²) in [5, 5.41) is 0.494. The molecule has 0 aliphatic rings. The zero-order valence-corrected chi connectivity index (χ0v) is 6.94. The van der Waals surface area contributed by atoms with Crippen LogP contribution in [0.2, 0.25) is 0 Å². The summed E-state index contributed by atoms with van der Waals surface area (Å²) in [5.41, 5.74) is 0.547. The molecule has 0 aliphatic carbocycles. The first-order valence-electron chi connectivity index (χ1n) is 3.54. The molecule has 0 radical (unpaired) electrons. The van der Waals surface area contributed by atoms with E-state index < -0.39 is 0 Å². The quantitative estimate of drug-likeness (QED) is 0.620. The first-order valence-corrected chi connectivity index (χ1v) is 4.07. The minimum absolute atomic E-state index is 0.271. The van der Waals surface area contributed by atoms with Crippen LogP contribution in [0.1, 0.15) is 5.76 Å². The molecule has 0 aliphatic heterocycles. The monoisotopic (exact) mass is 184 g/mol. The summed E-state index contributed by atoms with van der Waals surface area (Å²) in [7, 11) is 0. The van der Waals surface area contributed by atoms with Gasteiger partial charge in [0.15, 0.2) is 0 Å². The van der Waals surface area contributed by atoms with Gasteiger partial charge in [0.2, 0.25) is 0 Å². The lowest BCUT2D eigenvalue weighted by molar-refractivity contribution is 0.571. The molecular weight excluding hydrogens is 179 g/mol. The van der Waals surface area contributed by atoms with Gasteiger partial charge in [-0.25, -0.2) is 4.39 Å². The Balaban J connectivity index is 2.74. The van der Waals surface area contributed by atoms with Crippen molar-refractivity contribution in [3.63, 3.8) is 0 Å². The minimum atomic E-state index is -0.271. The molecule has 1 aromatic heterocycles. The van der Waals surface area contributed by atoms with Crippen LogP contribution in [0.5, 0.6) is 0 Å². The van der Waals surface area contributed by atoms with E-state index in [1.807, 2.05) is 0 Å². The average molecular weight is 185 g/mol. The number of halogens is 2. The van der Waals surface area contributed by atoms with Crippen LogP contribution < -0.4 is 0 Å². The second kappa shape index (κ2) is 2.79. The Morgan fingerprint density at radius 3 is 2.92 bits per heavy atom. The third kappa shape index (κ3) is 1.08. The van der Waals surface area contributed by atoms with E-state index in [2.05, 4.69) is 0 Å². The predicted octanol–water partition coefficient (Wildman–Crippen LogP) is 3.31. The number of furan rings is 1. The van der Waals surface area contributed by atoms with Gasteiger partial charge < -0.3 is 4.42 Å². The number of alkyl halides is 1. The van der Waals surface area contributed by atoms with Crippen molar-refractivity contribution in [3.8, 4) is 0 Å². The highest BCUT2D eigenvalue weighted by Crippen LogP contribution is 2.22. The van der Waals surface area contributed by atoms with Crippen LogP contribution in [0.15, 0.2) is 28.7 Å². The maximum absolute atomic E-state index is 13.0. The van der Waals surface area contributed by atoms with Crippen LogP contribution in [0.25, 0.3) is 11.0 Å². The van der Waals surface area contributed by atoms with Crippen LogP contribution in [-0.2, 0) is 5.88 Å². The van der Waals surface area contributed by atoms with E-state index in [9.17, 15) is 4.39 Å². The third-order valence-corrected chi connectivity index (χ3v) is 1.95. The van der Waals surface area contributed by atoms with Crippen molar-refractivity contribution in [3.05, 3.63) is 35.8 Å². The molecule has 1 nitrogen and oxygen atoms in total. The fourth-order valence-corrected chi connectivity index (χ4v) is 1.28. The Morgan fingerprint density at radius 1 is 1.42 bits per heavy atom. The number of benzene rings is 1. The molecule has 0 amide bonds. The van der Waals surface area contributed by atoms with Crippen molar-refractivity contribution in [1.29, 1.82) is 0 Å². The molecule has 12 heavy (non-hydrogen) atoms. The minimum Gasteiger partial charge on any atom is -0.460 e. The van der Waals surface area contributed by atoms with Gasteiger partial charge in [0.1, 0.15) is 17.2 Å². The van der Waals surface area contributed by atoms with Gasteiger partial charge >= 0.3 is 0 Å². The number of fused-ring (bicyclic) bond motifs is 1. The molecule has 0 unspecified atom stereocenters. The molecule has 1 heterocycles. The van der Waals surface area contributed by atoms with Crippen molar-refractivity contribution >= 4 is 22.6 Å². The van der Waals surface area contributed by atoms with E-state index in [0.717, 1.165) is 0 Å². The zero-order chi connectivity index (χ0) is 8.55. The number of rotatable bonds is 1. The van der Waals surface area contributed by atoms with Crippen LogP contribution in [-0.4, -0.2) is 0 Å². The number of hydrogen-bond acceptors (Lipinski definition) is 1. The molecule has 0 bridgehead atoms. The molecule has 0 saturated carbocycles. The van der Waals surface area contributed by atoms with Gasteiger partial charge in [-0.15, -0.1) is 11.6 Å². The fraction of sp³-hybridized carbons (Fsp3) is 0.111. The molecule has 3 heteroatoms. The van der Waals surface area contributed by atoms with Crippen LogP contribution in [0, 0.1) is 5.82 Å². The van der Waals surface area contributed by atoms with E-state index in [0.29, 0.717) is 16.7 Å². The molecule has 0 saturated heterocycles. The highest BCUT2D eigenvalue weighted by molar-refractivity contribution is 6.17. The van der Waals surface area contributed by atoms with E-state index in [-0.39, 0.29) is 11.7 Å². The summed E-state index contributed by atoms with van der Waals surface area (Å²) < 4.78 is 18.3. The predicted molar refractivity (Wildman–Crippen MR) is 45.7 cm³/mol. The van der Waals surface area contributed by atoms with Gasteiger partial charge in [-0.2, -0.15) is 0 Å². The molecule has 0 atom stereocenters. The van der Waals surface area contributed by atoms with Crippen molar-refractivity contribution < 1.29 is 8.81 Å². The Labute approximate surface area is 73.7 Å². The molecule has 0 spiro atoms. The maximum Gasteiger partial charge on any atom is 0.137 e. The Hall–Kier alpha value is -1.02. The highest BCUT2D eigenvalue weighted by Gasteiger charge is 2.05. The summed E-state index contributed by atoms with van der Waals surface area (Å²) in [6.45, 7) is 0. The molecule has 0 fully saturated rings. The van der Waals surface area contributed by atoms with E-state index >= 15 is 0 Å². The first-order chi connectivity index (χ1) is 5.81. The first kappa shape index (κ1) is 7.62. The lowest BCUT2D eigenvalue weighted by atomic mass is 10.2. The molecular formula is C9H6ClFO. The van der Waals surface area contributed by atoms with Gasteiger partial charge in [0, 0.05) is 0 Å². The fourth-order valence-electron chi connectivity index (χ4n) is 1.14. The SMILES string of the molecule is Fc1cccc2oc(CCl)cc12. The smallest absolute Gasteiger partial charge is 0.137 e. The summed E-state index contributed by atoms with van der Waals surface area (Å²) >= 11 is 5.53. The van der Waals surface area contributed by atoms with Crippen LogP contribution >= 0.6 is 11.6 Å². The maximum atomic E-state index is 13.0. The largest absolute Gasteiger partial charge is 0.460 e. The number of hydrogen-bond donors (Lipinski definition) is 0. The topological polar surface area (TPSA) is 13.1 Å². The Bertz CT molecular complexity index is 408. The van der Waals surface area contributed by atoms with E-state index in [1.54, 1.807) is 18.2 Å². The summed E-state index contributed by atoms with van der Waals surface area (Å²) in [6, 6.07) is 6.35. The van der Waals surface area contributed by atoms with Crippen LogP contribution in [0.3, 0.4) is 0 Å². The second-order valence-electron chi connectivity index (χ2n) is 2.50. The van der Waals surface area contributed by atoms with Gasteiger partial charge in [0.05, 0.1) is 11.3 Å². The van der Waals surface area contributed by atoms with Gasteiger partial charge in [0.25, 0.3) is 0 Å². The molecule has 2 aromatic rings. The van der Waals surface area contributed by atoms with Gasteiger partial charge in [-0.3, -0.25) is 0 Å². The summed E-state index contributed by atoms with van der Waals surface area (Å²) in [6.07, 6.45) is 0. The molecule has 2 rings (SSSR count). The second-order valence-corrected chi connectivity index (χ2v) is 2.77. The molecule has 0 N–H and O–H groups in total. The lowest BCUT2D eigenvalue weighted by Gasteiger charge is -1.87. The van der Waals surface area contributed by atoms with Crippen molar-refractivity contribution in [2.75, 3.05) is 0 Å². The van der Waals surface area contributed by atoms with Crippen molar-refractivity contribution in [2.45, 2.75) is 5.88 Å². The highest BCUT2D eigenvalue weighted by atomic mass is 35.5. The van der Waals surface area contributed by atoms with Crippen molar-refractivity contribution in [1.82, 2.24) is 0 Å². The average Bonchev–Trinajstić information content (AvgIpc) is 2.49.